The molecule has 2 aromatic carbocycles. The van der Waals surface area contributed by atoms with Crippen molar-refractivity contribution in [3.05, 3.63) is 59.5 Å². The smallest absolute Gasteiger partial charge is 0.163 e. The summed E-state index contributed by atoms with van der Waals surface area (Å²) in [7, 11) is 1.63. The number of rotatable bonds is 7. The normalized spacial score (nSPS) is 10.8. The van der Waals surface area contributed by atoms with E-state index < -0.39 is 0 Å². The van der Waals surface area contributed by atoms with E-state index in [0.717, 1.165) is 10.9 Å². The molecule has 0 spiro atoms. The first kappa shape index (κ1) is 16.5. The highest BCUT2D eigenvalue weighted by Crippen LogP contribution is 2.34. The van der Waals surface area contributed by atoms with E-state index in [4.69, 9.17) is 25.8 Å². The van der Waals surface area contributed by atoms with Gasteiger partial charge in [0.25, 0.3) is 0 Å². The molecule has 3 rings (SSSR count). The molecular weight excluding hydrogens is 328 g/mol. The first-order chi connectivity index (χ1) is 11.8. The molecule has 0 unspecified atom stereocenters. The molecule has 0 saturated heterocycles. The number of ether oxygens (including phenoxy) is 3. The van der Waals surface area contributed by atoms with E-state index in [-0.39, 0.29) is 0 Å². The Bertz CT molecular complexity index is 812. The summed E-state index contributed by atoms with van der Waals surface area (Å²) < 4.78 is 16.7. The predicted octanol–water partition coefficient (Wildman–Crippen LogP) is 3.89. The summed E-state index contributed by atoms with van der Waals surface area (Å²) in [6, 6.07) is 13.5. The van der Waals surface area contributed by atoms with Gasteiger partial charge < -0.3 is 14.2 Å². The van der Waals surface area contributed by atoms with Crippen LogP contribution in [0.1, 0.15) is 5.56 Å². The summed E-state index contributed by atoms with van der Waals surface area (Å²) in [5, 5.41) is 1.11. The highest BCUT2D eigenvalue weighted by atomic mass is 35.5. The second kappa shape index (κ2) is 7.95. The zero-order valence-electron chi connectivity index (χ0n) is 13.2. The molecule has 124 valence electrons. The maximum absolute atomic E-state index is 6.16. The van der Waals surface area contributed by atoms with Gasteiger partial charge in [-0.15, -0.1) is 0 Å². The van der Waals surface area contributed by atoms with E-state index in [9.17, 15) is 0 Å². The van der Waals surface area contributed by atoms with Gasteiger partial charge in [0.2, 0.25) is 0 Å². The summed E-state index contributed by atoms with van der Waals surface area (Å²) in [5.41, 5.74) is 1.77. The van der Waals surface area contributed by atoms with Gasteiger partial charge in [-0.05, 0) is 11.6 Å². The van der Waals surface area contributed by atoms with Gasteiger partial charge in [0.05, 0.1) is 12.1 Å². The molecule has 0 aliphatic heterocycles. The van der Waals surface area contributed by atoms with Gasteiger partial charge in [-0.3, -0.25) is 0 Å². The van der Waals surface area contributed by atoms with Crippen molar-refractivity contribution in [2.45, 2.75) is 6.61 Å². The Morgan fingerprint density at radius 1 is 0.958 bits per heavy atom. The molecule has 0 aliphatic rings. The molecule has 1 heterocycles. The third kappa shape index (κ3) is 3.93. The van der Waals surface area contributed by atoms with E-state index in [1.165, 1.54) is 6.33 Å². The molecule has 1 aromatic heterocycles. The van der Waals surface area contributed by atoms with Crippen LogP contribution >= 0.6 is 11.6 Å². The van der Waals surface area contributed by atoms with Crippen LogP contribution < -0.4 is 9.47 Å². The van der Waals surface area contributed by atoms with Crippen molar-refractivity contribution in [3.8, 4) is 11.5 Å². The minimum Gasteiger partial charge on any atom is -0.487 e. The SMILES string of the molecule is COCCOc1cc2ncnc(Cl)c2cc1OCc1ccccc1. The number of benzene rings is 2. The maximum atomic E-state index is 6.16. The van der Waals surface area contributed by atoms with Crippen LogP contribution in [0.25, 0.3) is 10.9 Å². The number of fused-ring (bicyclic) bond motifs is 1. The molecule has 24 heavy (non-hydrogen) atoms. The van der Waals surface area contributed by atoms with Crippen molar-refractivity contribution in [2.24, 2.45) is 0 Å². The van der Waals surface area contributed by atoms with E-state index in [0.29, 0.717) is 42.0 Å². The Labute approximate surface area is 145 Å². The van der Waals surface area contributed by atoms with Crippen LogP contribution in [-0.2, 0) is 11.3 Å². The van der Waals surface area contributed by atoms with Crippen LogP contribution in [0.15, 0.2) is 48.8 Å². The molecule has 0 aliphatic carbocycles. The second-order valence-electron chi connectivity index (χ2n) is 5.10. The number of nitrogens with zero attached hydrogens (tertiary/aromatic N) is 2. The van der Waals surface area contributed by atoms with E-state index in [1.807, 2.05) is 36.4 Å². The average molecular weight is 345 g/mol. The third-order valence-electron chi connectivity index (χ3n) is 3.43. The number of halogens is 1. The zero-order valence-corrected chi connectivity index (χ0v) is 14.0. The molecule has 0 bridgehead atoms. The van der Waals surface area contributed by atoms with Gasteiger partial charge in [0.15, 0.2) is 11.5 Å². The van der Waals surface area contributed by atoms with Gasteiger partial charge in [-0.2, -0.15) is 0 Å². The van der Waals surface area contributed by atoms with E-state index in [2.05, 4.69) is 9.97 Å². The molecule has 5 nitrogen and oxygen atoms in total. The Morgan fingerprint density at radius 3 is 2.54 bits per heavy atom. The predicted molar refractivity (Wildman–Crippen MR) is 92.7 cm³/mol. The number of hydrogen-bond acceptors (Lipinski definition) is 5. The lowest BCUT2D eigenvalue weighted by molar-refractivity contribution is 0.143. The summed E-state index contributed by atoms with van der Waals surface area (Å²) >= 11 is 6.16. The molecule has 0 saturated carbocycles. The van der Waals surface area contributed by atoms with Crippen molar-refractivity contribution in [1.82, 2.24) is 9.97 Å². The van der Waals surface area contributed by atoms with Crippen LogP contribution in [0.5, 0.6) is 11.5 Å². The first-order valence-corrected chi connectivity index (χ1v) is 7.88. The molecule has 0 amide bonds. The lowest BCUT2D eigenvalue weighted by Gasteiger charge is -2.14. The maximum Gasteiger partial charge on any atom is 0.163 e. The molecule has 0 atom stereocenters. The Kier molecular flexibility index (Phi) is 5.46. The van der Waals surface area contributed by atoms with Gasteiger partial charge >= 0.3 is 0 Å². The number of hydrogen-bond donors (Lipinski definition) is 0. The Hall–Kier alpha value is -2.37. The fourth-order valence-corrected chi connectivity index (χ4v) is 2.42. The van der Waals surface area contributed by atoms with Crippen molar-refractivity contribution in [2.75, 3.05) is 20.3 Å². The molecule has 0 radical (unpaired) electrons. The lowest BCUT2D eigenvalue weighted by Crippen LogP contribution is -2.06. The minimum absolute atomic E-state index is 0.382. The Morgan fingerprint density at radius 2 is 1.75 bits per heavy atom. The fraction of sp³-hybridized carbons (Fsp3) is 0.222. The zero-order chi connectivity index (χ0) is 16.8. The highest BCUT2D eigenvalue weighted by molar-refractivity contribution is 6.34. The monoisotopic (exact) mass is 344 g/mol. The average Bonchev–Trinajstić information content (AvgIpc) is 2.61. The topological polar surface area (TPSA) is 53.5 Å². The summed E-state index contributed by atoms with van der Waals surface area (Å²) in [6.07, 6.45) is 1.42. The fourth-order valence-electron chi connectivity index (χ4n) is 2.23. The molecule has 6 heteroatoms. The summed E-state index contributed by atoms with van der Waals surface area (Å²) in [5.74, 6) is 1.20. The van der Waals surface area contributed by atoms with Crippen molar-refractivity contribution >= 4 is 22.5 Å². The van der Waals surface area contributed by atoms with Crippen molar-refractivity contribution < 1.29 is 14.2 Å². The van der Waals surface area contributed by atoms with Crippen LogP contribution in [0.3, 0.4) is 0 Å². The molecule has 3 aromatic rings. The van der Waals surface area contributed by atoms with Gasteiger partial charge in [0.1, 0.15) is 24.7 Å². The van der Waals surface area contributed by atoms with E-state index in [1.54, 1.807) is 13.2 Å². The van der Waals surface area contributed by atoms with Crippen molar-refractivity contribution in [1.29, 1.82) is 0 Å². The summed E-state index contributed by atoms with van der Waals surface area (Å²) in [6.45, 7) is 1.33. The lowest BCUT2D eigenvalue weighted by atomic mass is 10.2. The van der Waals surface area contributed by atoms with Crippen LogP contribution in [-0.4, -0.2) is 30.3 Å². The van der Waals surface area contributed by atoms with Gasteiger partial charge in [0, 0.05) is 18.6 Å². The minimum atomic E-state index is 0.382. The molecule has 0 fully saturated rings. The van der Waals surface area contributed by atoms with Crippen LogP contribution in [0.2, 0.25) is 5.15 Å². The molecule has 0 N–H and O–H groups in total. The van der Waals surface area contributed by atoms with Gasteiger partial charge in [-0.25, -0.2) is 9.97 Å². The first-order valence-electron chi connectivity index (χ1n) is 7.50. The highest BCUT2D eigenvalue weighted by Gasteiger charge is 2.12. The largest absolute Gasteiger partial charge is 0.487 e. The summed E-state index contributed by atoms with van der Waals surface area (Å²) in [4.78, 5) is 8.24. The van der Waals surface area contributed by atoms with Crippen molar-refractivity contribution in [3.63, 3.8) is 0 Å². The second-order valence-corrected chi connectivity index (χ2v) is 5.45. The quantitative estimate of drug-likeness (QED) is 0.481. The number of methoxy groups -OCH3 is 1. The Balaban J connectivity index is 1.89. The molecular formula is C18H17ClN2O3. The van der Waals surface area contributed by atoms with Crippen LogP contribution in [0.4, 0.5) is 0 Å². The van der Waals surface area contributed by atoms with E-state index >= 15 is 0 Å². The standard InChI is InChI=1S/C18H17ClN2O3/c1-22-7-8-23-17-10-15-14(18(19)21-12-20-15)9-16(17)24-11-13-5-3-2-4-6-13/h2-6,9-10,12H,7-8,11H2,1H3. The third-order valence-corrected chi connectivity index (χ3v) is 3.74. The number of aromatic nitrogens is 2. The van der Waals surface area contributed by atoms with Gasteiger partial charge in [-0.1, -0.05) is 41.9 Å². The van der Waals surface area contributed by atoms with Crippen LogP contribution in [0, 0.1) is 0 Å².